The number of rotatable bonds is 7. The van der Waals surface area contributed by atoms with Crippen molar-refractivity contribution in [2.75, 3.05) is 26.2 Å². The molecule has 3 rings (SSSR count). The average molecular weight is 486 g/mol. The van der Waals surface area contributed by atoms with Crippen molar-refractivity contribution in [3.8, 4) is 0 Å². The molecule has 0 spiro atoms. The van der Waals surface area contributed by atoms with Gasteiger partial charge in [0.1, 0.15) is 0 Å². The Morgan fingerprint density at radius 1 is 0.853 bits per heavy atom. The van der Waals surface area contributed by atoms with Crippen LogP contribution in [-0.4, -0.2) is 67.5 Å². The molecule has 0 unspecified atom stereocenters. The lowest BCUT2D eigenvalue weighted by Crippen LogP contribution is -2.57. The summed E-state index contributed by atoms with van der Waals surface area (Å²) in [6, 6.07) is 12.8. The lowest BCUT2D eigenvalue weighted by atomic mass is 10.1. The number of amides is 3. The SMILES string of the molecule is CCCC(=O)N1CCN(C(=O)[C@H](NC(=O)c2ccc(C)cc2)S(=O)(=O)c2ccc(C)cc2)CC1. The zero-order valence-corrected chi connectivity index (χ0v) is 20.6. The fourth-order valence-electron chi connectivity index (χ4n) is 3.76. The van der Waals surface area contributed by atoms with Gasteiger partial charge in [0.15, 0.2) is 0 Å². The summed E-state index contributed by atoms with van der Waals surface area (Å²) >= 11 is 0. The van der Waals surface area contributed by atoms with Gasteiger partial charge in [-0.25, -0.2) is 8.42 Å². The highest BCUT2D eigenvalue weighted by Crippen LogP contribution is 2.19. The van der Waals surface area contributed by atoms with Crippen LogP contribution in [-0.2, 0) is 19.4 Å². The van der Waals surface area contributed by atoms with E-state index in [4.69, 9.17) is 0 Å². The van der Waals surface area contributed by atoms with Crippen LogP contribution >= 0.6 is 0 Å². The molecule has 2 aromatic carbocycles. The molecular formula is C25H31N3O5S. The lowest BCUT2D eigenvalue weighted by Gasteiger charge is -2.36. The molecular weight excluding hydrogens is 454 g/mol. The van der Waals surface area contributed by atoms with E-state index in [1.54, 1.807) is 41.3 Å². The van der Waals surface area contributed by atoms with E-state index >= 15 is 0 Å². The maximum Gasteiger partial charge on any atom is 0.261 e. The van der Waals surface area contributed by atoms with E-state index in [-0.39, 0.29) is 29.5 Å². The molecule has 1 aliphatic heterocycles. The normalized spacial score (nSPS) is 15.0. The number of carbonyl (C=O) groups is 3. The van der Waals surface area contributed by atoms with Crippen LogP contribution in [0.3, 0.4) is 0 Å². The number of aryl methyl sites for hydroxylation is 2. The van der Waals surface area contributed by atoms with Gasteiger partial charge < -0.3 is 15.1 Å². The molecule has 1 N–H and O–H groups in total. The van der Waals surface area contributed by atoms with Crippen LogP contribution in [0.15, 0.2) is 53.4 Å². The molecule has 8 nitrogen and oxygen atoms in total. The predicted molar refractivity (Wildman–Crippen MR) is 129 cm³/mol. The van der Waals surface area contributed by atoms with Crippen molar-refractivity contribution in [3.63, 3.8) is 0 Å². The van der Waals surface area contributed by atoms with Crippen LogP contribution in [0.4, 0.5) is 0 Å². The van der Waals surface area contributed by atoms with Crippen molar-refractivity contribution in [2.45, 2.75) is 43.9 Å². The lowest BCUT2D eigenvalue weighted by molar-refractivity contribution is -0.139. The highest BCUT2D eigenvalue weighted by Gasteiger charge is 2.39. The van der Waals surface area contributed by atoms with Gasteiger partial charge in [-0.15, -0.1) is 0 Å². The maximum absolute atomic E-state index is 13.5. The van der Waals surface area contributed by atoms with Crippen LogP contribution in [0.5, 0.6) is 0 Å². The Morgan fingerprint density at radius 2 is 1.35 bits per heavy atom. The Hall–Kier alpha value is -3.20. The number of sulfone groups is 1. The van der Waals surface area contributed by atoms with E-state index in [9.17, 15) is 22.8 Å². The second kappa shape index (κ2) is 10.8. The van der Waals surface area contributed by atoms with Gasteiger partial charge in [-0.05, 0) is 44.5 Å². The van der Waals surface area contributed by atoms with Gasteiger partial charge in [-0.3, -0.25) is 14.4 Å². The number of piperazine rings is 1. The van der Waals surface area contributed by atoms with Gasteiger partial charge in [-0.1, -0.05) is 42.3 Å². The van der Waals surface area contributed by atoms with Crippen molar-refractivity contribution < 1.29 is 22.8 Å². The molecule has 0 saturated carbocycles. The van der Waals surface area contributed by atoms with Gasteiger partial charge in [0.2, 0.25) is 21.1 Å². The highest BCUT2D eigenvalue weighted by molar-refractivity contribution is 7.92. The minimum absolute atomic E-state index is 0.0195. The van der Waals surface area contributed by atoms with Crippen LogP contribution in [0, 0.1) is 13.8 Å². The Balaban J connectivity index is 1.86. The quantitative estimate of drug-likeness (QED) is 0.648. The van der Waals surface area contributed by atoms with Crippen molar-refractivity contribution in [2.24, 2.45) is 0 Å². The minimum atomic E-state index is -4.22. The summed E-state index contributed by atoms with van der Waals surface area (Å²) in [7, 11) is -4.22. The predicted octanol–water partition coefficient (Wildman–Crippen LogP) is 2.30. The summed E-state index contributed by atoms with van der Waals surface area (Å²) in [6.07, 6.45) is 1.17. The number of benzene rings is 2. The third kappa shape index (κ3) is 5.83. The fraction of sp³-hybridized carbons (Fsp3) is 0.400. The minimum Gasteiger partial charge on any atom is -0.339 e. The van der Waals surface area contributed by atoms with Crippen molar-refractivity contribution in [1.29, 1.82) is 0 Å². The molecule has 0 radical (unpaired) electrons. The second-order valence-electron chi connectivity index (χ2n) is 8.53. The average Bonchev–Trinajstić information content (AvgIpc) is 2.83. The molecule has 0 aliphatic carbocycles. The molecule has 0 bridgehead atoms. The van der Waals surface area contributed by atoms with Gasteiger partial charge in [-0.2, -0.15) is 0 Å². The molecule has 2 aromatic rings. The van der Waals surface area contributed by atoms with Crippen LogP contribution in [0.25, 0.3) is 0 Å². The Bertz CT molecular complexity index is 1140. The molecule has 1 aliphatic rings. The van der Waals surface area contributed by atoms with Crippen molar-refractivity contribution in [1.82, 2.24) is 15.1 Å². The van der Waals surface area contributed by atoms with Crippen molar-refractivity contribution >= 4 is 27.6 Å². The van der Waals surface area contributed by atoms with Crippen LogP contribution in [0.2, 0.25) is 0 Å². The Morgan fingerprint density at radius 3 is 1.88 bits per heavy atom. The van der Waals surface area contributed by atoms with E-state index in [1.807, 2.05) is 20.8 Å². The van der Waals surface area contributed by atoms with E-state index < -0.39 is 27.0 Å². The highest BCUT2D eigenvalue weighted by atomic mass is 32.2. The van der Waals surface area contributed by atoms with Crippen LogP contribution in [0.1, 0.15) is 41.3 Å². The number of carbonyl (C=O) groups excluding carboxylic acids is 3. The molecule has 1 atom stereocenters. The zero-order valence-electron chi connectivity index (χ0n) is 19.8. The maximum atomic E-state index is 13.5. The first-order valence-corrected chi connectivity index (χ1v) is 12.9. The fourth-order valence-corrected chi connectivity index (χ4v) is 5.22. The summed E-state index contributed by atoms with van der Waals surface area (Å²) in [4.78, 5) is 41.6. The molecule has 182 valence electrons. The van der Waals surface area contributed by atoms with Gasteiger partial charge in [0, 0.05) is 38.2 Å². The second-order valence-corrected chi connectivity index (χ2v) is 10.6. The van der Waals surface area contributed by atoms with E-state index in [0.717, 1.165) is 17.5 Å². The van der Waals surface area contributed by atoms with E-state index in [0.29, 0.717) is 19.5 Å². The number of hydrogen-bond acceptors (Lipinski definition) is 5. The van der Waals surface area contributed by atoms with Gasteiger partial charge in [0.25, 0.3) is 11.8 Å². The summed E-state index contributed by atoms with van der Waals surface area (Å²) in [5, 5.41) is 0.683. The van der Waals surface area contributed by atoms with Crippen molar-refractivity contribution in [3.05, 3.63) is 65.2 Å². The first-order valence-electron chi connectivity index (χ1n) is 11.4. The zero-order chi connectivity index (χ0) is 24.9. The monoisotopic (exact) mass is 485 g/mol. The molecule has 1 heterocycles. The van der Waals surface area contributed by atoms with E-state index in [2.05, 4.69) is 5.32 Å². The molecule has 1 saturated heterocycles. The smallest absolute Gasteiger partial charge is 0.261 e. The summed E-state index contributed by atoms with van der Waals surface area (Å²) < 4.78 is 27.0. The topological polar surface area (TPSA) is 104 Å². The molecule has 1 fully saturated rings. The first-order chi connectivity index (χ1) is 16.1. The third-order valence-electron chi connectivity index (χ3n) is 5.87. The van der Waals surface area contributed by atoms with E-state index in [1.165, 1.54) is 17.0 Å². The molecule has 3 amide bonds. The van der Waals surface area contributed by atoms with Gasteiger partial charge >= 0.3 is 0 Å². The third-order valence-corrected chi connectivity index (χ3v) is 7.74. The standard InChI is InChI=1S/C25H31N3O5S/c1-4-5-22(29)27-14-16-28(17-15-27)25(31)24(26-23(30)20-10-6-18(2)7-11-20)34(32,33)21-12-8-19(3)9-13-21/h6-13,24H,4-5,14-17H2,1-3H3,(H,26,30)/t24-/m1/s1. The van der Waals surface area contributed by atoms with Crippen LogP contribution < -0.4 is 5.32 Å². The molecule has 9 heteroatoms. The molecule has 34 heavy (non-hydrogen) atoms. The number of hydrogen-bond donors (Lipinski definition) is 1. The summed E-state index contributed by atoms with van der Waals surface area (Å²) in [6.45, 7) is 6.69. The Labute approximate surface area is 200 Å². The Kier molecular flexibility index (Phi) is 8.09. The van der Waals surface area contributed by atoms with Gasteiger partial charge in [0.05, 0.1) is 4.90 Å². The first kappa shape index (κ1) is 25.4. The summed E-state index contributed by atoms with van der Waals surface area (Å²) in [5.41, 5.74) is 2.09. The number of nitrogens with one attached hydrogen (secondary N) is 1. The largest absolute Gasteiger partial charge is 0.339 e. The molecule has 0 aromatic heterocycles. The summed E-state index contributed by atoms with van der Waals surface area (Å²) in [5.74, 6) is -1.33. The number of nitrogens with zero attached hydrogens (tertiary/aromatic N) is 2.